The SMILES string of the molecule is CC(C)=C[C@H]1[C@H](O)C1(C)C. The highest BCUT2D eigenvalue weighted by molar-refractivity contribution is 5.17. The zero-order valence-corrected chi connectivity index (χ0v) is 7.18. The van der Waals surface area contributed by atoms with Gasteiger partial charge in [-0.15, -0.1) is 0 Å². The first kappa shape index (κ1) is 7.80. The van der Waals surface area contributed by atoms with Gasteiger partial charge in [0.2, 0.25) is 0 Å². The highest BCUT2D eigenvalue weighted by Crippen LogP contribution is 2.52. The Morgan fingerprint density at radius 1 is 1.40 bits per heavy atom. The second-order valence-electron chi connectivity index (χ2n) is 4.04. The average molecular weight is 140 g/mol. The topological polar surface area (TPSA) is 20.2 Å². The van der Waals surface area contributed by atoms with Gasteiger partial charge in [-0.3, -0.25) is 0 Å². The molecule has 1 aliphatic rings. The van der Waals surface area contributed by atoms with Gasteiger partial charge in [0, 0.05) is 11.3 Å². The Morgan fingerprint density at radius 3 is 1.90 bits per heavy atom. The van der Waals surface area contributed by atoms with Crippen LogP contribution in [0, 0.1) is 11.3 Å². The quantitative estimate of drug-likeness (QED) is 0.552. The minimum atomic E-state index is -0.109. The molecule has 0 heterocycles. The van der Waals surface area contributed by atoms with Crippen LogP contribution in [0.25, 0.3) is 0 Å². The minimum absolute atomic E-state index is 0.109. The van der Waals surface area contributed by atoms with E-state index in [4.69, 9.17) is 0 Å². The summed E-state index contributed by atoms with van der Waals surface area (Å²) in [6.45, 7) is 8.34. The number of hydrogen-bond donors (Lipinski definition) is 1. The van der Waals surface area contributed by atoms with Crippen molar-refractivity contribution in [2.75, 3.05) is 0 Å². The Morgan fingerprint density at radius 2 is 1.80 bits per heavy atom. The van der Waals surface area contributed by atoms with Crippen LogP contribution in [0.2, 0.25) is 0 Å². The zero-order chi connectivity index (χ0) is 7.94. The molecule has 1 N–H and O–H groups in total. The van der Waals surface area contributed by atoms with Crippen LogP contribution in [-0.2, 0) is 0 Å². The van der Waals surface area contributed by atoms with Crippen LogP contribution in [0.5, 0.6) is 0 Å². The van der Waals surface area contributed by atoms with Crippen LogP contribution in [0.4, 0.5) is 0 Å². The van der Waals surface area contributed by atoms with Gasteiger partial charge in [-0.1, -0.05) is 25.5 Å². The summed E-state index contributed by atoms with van der Waals surface area (Å²) < 4.78 is 0. The molecule has 0 unspecified atom stereocenters. The fourth-order valence-corrected chi connectivity index (χ4v) is 1.31. The Balaban J connectivity index is 2.58. The molecule has 0 spiro atoms. The number of hydrogen-bond acceptors (Lipinski definition) is 1. The maximum Gasteiger partial charge on any atom is 0.0666 e. The smallest absolute Gasteiger partial charge is 0.0666 e. The van der Waals surface area contributed by atoms with Crippen LogP contribution >= 0.6 is 0 Å². The molecule has 0 amide bonds. The largest absolute Gasteiger partial charge is 0.392 e. The molecule has 1 heteroatoms. The lowest BCUT2D eigenvalue weighted by molar-refractivity contribution is 0.232. The summed E-state index contributed by atoms with van der Waals surface area (Å²) in [5.41, 5.74) is 1.44. The third kappa shape index (κ3) is 1.10. The Kier molecular flexibility index (Phi) is 1.63. The second kappa shape index (κ2) is 2.09. The molecular weight excluding hydrogens is 124 g/mol. The van der Waals surface area contributed by atoms with Crippen molar-refractivity contribution in [1.82, 2.24) is 0 Å². The lowest BCUT2D eigenvalue weighted by atomic mass is 10.1. The van der Waals surface area contributed by atoms with Crippen LogP contribution in [0.1, 0.15) is 27.7 Å². The molecule has 1 aliphatic carbocycles. The molecule has 1 fully saturated rings. The van der Waals surface area contributed by atoms with Gasteiger partial charge in [0.15, 0.2) is 0 Å². The summed E-state index contributed by atoms with van der Waals surface area (Å²) in [5.74, 6) is 0.400. The normalized spacial score (nSPS) is 35.3. The molecule has 0 radical (unpaired) electrons. The molecule has 0 aromatic carbocycles. The highest BCUT2D eigenvalue weighted by Gasteiger charge is 2.55. The zero-order valence-electron chi connectivity index (χ0n) is 7.18. The Bertz CT molecular complexity index is 164. The van der Waals surface area contributed by atoms with Crippen LogP contribution < -0.4 is 0 Å². The molecule has 10 heavy (non-hydrogen) atoms. The number of aliphatic hydroxyl groups is 1. The molecular formula is C9H16O. The van der Waals surface area contributed by atoms with E-state index in [2.05, 4.69) is 33.8 Å². The van der Waals surface area contributed by atoms with Crippen molar-refractivity contribution in [3.8, 4) is 0 Å². The van der Waals surface area contributed by atoms with Crippen molar-refractivity contribution in [2.24, 2.45) is 11.3 Å². The molecule has 0 aromatic rings. The lowest BCUT2D eigenvalue weighted by Gasteiger charge is -1.95. The van der Waals surface area contributed by atoms with Gasteiger partial charge in [-0.25, -0.2) is 0 Å². The predicted molar refractivity (Wildman–Crippen MR) is 42.7 cm³/mol. The maximum absolute atomic E-state index is 9.36. The summed E-state index contributed by atoms with van der Waals surface area (Å²) in [6.07, 6.45) is 2.05. The predicted octanol–water partition coefficient (Wildman–Crippen LogP) is 1.97. The van der Waals surface area contributed by atoms with E-state index in [1.54, 1.807) is 0 Å². The number of aliphatic hydroxyl groups excluding tert-OH is 1. The fraction of sp³-hybridized carbons (Fsp3) is 0.778. The van der Waals surface area contributed by atoms with E-state index in [1.807, 2.05) is 0 Å². The fourth-order valence-electron chi connectivity index (χ4n) is 1.31. The molecule has 58 valence electrons. The van der Waals surface area contributed by atoms with Gasteiger partial charge in [-0.05, 0) is 13.8 Å². The van der Waals surface area contributed by atoms with E-state index in [0.717, 1.165) is 0 Å². The summed E-state index contributed by atoms with van der Waals surface area (Å²) in [6, 6.07) is 0. The summed E-state index contributed by atoms with van der Waals surface area (Å²) in [7, 11) is 0. The molecule has 1 nitrogen and oxygen atoms in total. The molecule has 0 aliphatic heterocycles. The number of rotatable bonds is 1. The van der Waals surface area contributed by atoms with Crippen molar-refractivity contribution >= 4 is 0 Å². The third-order valence-corrected chi connectivity index (χ3v) is 2.37. The van der Waals surface area contributed by atoms with Gasteiger partial charge in [0.25, 0.3) is 0 Å². The molecule has 0 saturated heterocycles. The van der Waals surface area contributed by atoms with Crippen molar-refractivity contribution < 1.29 is 5.11 Å². The van der Waals surface area contributed by atoms with Crippen LogP contribution in [0.3, 0.4) is 0 Å². The summed E-state index contributed by atoms with van der Waals surface area (Å²) >= 11 is 0. The molecule has 1 rings (SSSR count). The summed E-state index contributed by atoms with van der Waals surface area (Å²) in [4.78, 5) is 0. The van der Waals surface area contributed by atoms with E-state index in [9.17, 15) is 5.11 Å². The van der Waals surface area contributed by atoms with Crippen molar-refractivity contribution in [1.29, 1.82) is 0 Å². The molecule has 0 aromatic heterocycles. The van der Waals surface area contributed by atoms with Gasteiger partial charge in [0.1, 0.15) is 0 Å². The summed E-state index contributed by atoms with van der Waals surface area (Å²) in [5, 5.41) is 9.36. The van der Waals surface area contributed by atoms with Crippen molar-refractivity contribution in [3.63, 3.8) is 0 Å². The van der Waals surface area contributed by atoms with Gasteiger partial charge < -0.3 is 5.11 Å². The van der Waals surface area contributed by atoms with Crippen LogP contribution in [-0.4, -0.2) is 11.2 Å². The lowest BCUT2D eigenvalue weighted by Crippen LogP contribution is -1.91. The highest BCUT2D eigenvalue weighted by atomic mass is 16.3. The van der Waals surface area contributed by atoms with E-state index in [1.165, 1.54) is 5.57 Å². The Hall–Kier alpha value is -0.300. The first-order valence-electron chi connectivity index (χ1n) is 3.79. The maximum atomic E-state index is 9.36. The van der Waals surface area contributed by atoms with E-state index < -0.39 is 0 Å². The molecule has 1 saturated carbocycles. The third-order valence-electron chi connectivity index (χ3n) is 2.37. The van der Waals surface area contributed by atoms with Gasteiger partial charge in [0.05, 0.1) is 6.10 Å². The van der Waals surface area contributed by atoms with Crippen LogP contribution in [0.15, 0.2) is 11.6 Å². The number of allylic oxidation sites excluding steroid dienone is 1. The van der Waals surface area contributed by atoms with E-state index >= 15 is 0 Å². The second-order valence-corrected chi connectivity index (χ2v) is 4.04. The Labute approximate surface area is 62.8 Å². The van der Waals surface area contributed by atoms with Gasteiger partial charge in [-0.2, -0.15) is 0 Å². The average Bonchev–Trinajstić information content (AvgIpc) is 2.17. The van der Waals surface area contributed by atoms with Crippen molar-refractivity contribution in [2.45, 2.75) is 33.8 Å². The standard InChI is InChI=1S/C9H16O/c1-6(2)5-7-8(10)9(7,3)4/h5,7-8,10H,1-4H3/t7-,8-/m0/s1. The van der Waals surface area contributed by atoms with Gasteiger partial charge >= 0.3 is 0 Å². The minimum Gasteiger partial charge on any atom is -0.392 e. The van der Waals surface area contributed by atoms with Crippen molar-refractivity contribution in [3.05, 3.63) is 11.6 Å². The van der Waals surface area contributed by atoms with E-state index in [0.29, 0.717) is 5.92 Å². The van der Waals surface area contributed by atoms with E-state index in [-0.39, 0.29) is 11.5 Å². The molecule has 2 atom stereocenters. The first-order chi connectivity index (χ1) is 4.46. The molecule has 0 bridgehead atoms. The monoisotopic (exact) mass is 140 g/mol. The first-order valence-corrected chi connectivity index (χ1v) is 3.79.